The van der Waals surface area contributed by atoms with Crippen molar-refractivity contribution in [1.82, 2.24) is 15.2 Å². The number of hydrogen-bond acceptors (Lipinski definition) is 4. The number of hydrogen-bond donors (Lipinski definition) is 1. The average molecular weight is 774 g/mol. The normalized spacial score (nSPS) is 11.2. The summed E-state index contributed by atoms with van der Waals surface area (Å²) in [5, 5.41) is 25.7. The van der Waals surface area contributed by atoms with Crippen molar-refractivity contribution in [3.63, 3.8) is 0 Å². The Morgan fingerprint density at radius 2 is 1.13 bits per heavy atom. The fourth-order valence-electron chi connectivity index (χ4n) is 6.29. The van der Waals surface area contributed by atoms with Gasteiger partial charge in [-0.2, -0.15) is 10.2 Å². The number of pyridine rings is 1. The van der Waals surface area contributed by atoms with Gasteiger partial charge in [-0.25, -0.2) is 0 Å². The number of benzene rings is 6. The Morgan fingerprint density at radius 3 is 1.87 bits per heavy atom. The van der Waals surface area contributed by atoms with Crippen molar-refractivity contribution in [2.45, 2.75) is 13.8 Å². The molecule has 0 aliphatic heterocycles. The van der Waals surface area contributed by atoms with E-state index in [1.165, 1.54) is 11.1 Å². The maximum absolute atomic E-state index is 11.4. The number of fused-ring (bicyclic) bond motifs is 3. The molecule has 0 spiro atoms. The van der Waals surface area contributed by atoms with E-state index in [2.05, 4.69) is 84.7 Å². The molecular formula is C41H28N3OPt-. The zero-order valence-electron chi connectivity index (χ0n) is 25.2. The van der Waals surface area contributed by atoms with Crippen molar-refractivity contribution in [3.8, 4) is 50.6 Å². The fraction of sp³-hybridized carbons (Fsp3) is 0.0488. The van der Waals surface area contributed by atoms with Crippen LogP contribution in [-0.4, -0.2) is 20.3 Å². The van der Waals surface area contributed by atoms with Gasteiger partial charge in [-0.15, -0.1) is 24.3 Å². The Hall–Kier alpha value is -5.18. The molecule has 5 heteroatoms. The first-order valence-corrected chi connectivity index (χ1v) is 15.0. The number of nitrogens with zero attached hydrogens (tertiary/aromatic N) is 3. The van der Waals surface area contributed by atoms with Crippen LogP contribution in [0.15, 0.2) is 127 Å². The molecule has 0 amide bonds. The van der Waals surface area contributed by atoms with Crippen LogP contribution in [0.3, 0.4) is 0 Å². The molecule has 8 aromatic rings. The largest absolute Gasteiger partial charge is 0.507 e. The molecule has 0 bridgehead atoms. The molecule has 0 aliphatic rings. The smallest absolute Gasteiger partial charge is 0.125 e. The van der Waals surface area contributed by atoms with Crippen molar-refractivity contribution >= 4 is 32.4 Å². The van der Waals surface area contributed by atoms with Gasteiger partial charge >= 0.3 is 0 Å². The number of phenols is 1. The molecule has 0 saturated heterocycles. The van der Waals surface area contributed by atoms with E-state index in [0.29, 0.717) is 11.3 Å². The molecular weight excluding hydrogens is 746 g/mol. The quantitative estimate of drug-likeness (QED) is 0.143. The summed E-state index contributed by atoms with van der Waals surface area (Å²) >= 11 is 0. The molecule has 0 fully saturated rings. The van der Waals surface area contributed by atoms with Crippen LogP contribution >= 0.6 is 0 Å². The molecule has 2 heterocycles. The van der Waals surface area contributed by atoms with E-state index in [-0.39, 0.29) is 26.8 Å². The molecule has 6 aromatic carbocycles. The van der Waals surface area contributed by atoms with Crippen LogP contribution in [0.2, 0.25) is 0 Å². The predicted molar refractivity (Wildman–Crippen MR) is 184 cm³/mol. The first kappa shape index (κ1) is 29.5. The third-order valence-electron chi connectivity index (χ3n) is 8.53. The van der Waals surface area contributed by atoms with Gasteiger partial charge in [-0.1, -0.05) is 83.9 Å². The van der Waals surface area contributed by atoms with E-state index in [1.54, 1.807) is 0 Å². The summed E-state index contributed by atoms with van der Waals surface area (Å²) in [6.45, 7) is 4.26. The number of phenolic OH excluding ortho intramolecular Hbond substituents is 1. The number of aryl methyl sites for hydroxylation is 2. The summed E-state index contributed by atoms with van der Waals surface area (Å²) in [5.74, 6) is 0.194. The first-order valence-electron chi connectivity index (χ1n) is 15.0. The van der Waals surface area contributed by atoms with Gasteiger partial charge in [0.2, 0.25) is 0 Å². The monoisotopic (exact) mass is 773 g/mol. The molecule has 0 radical (unpaired) electrons. The van der Waals surface area contributed by atoms with Gasteiger partial charge in [-0.3, -0.25) is 4.98 Å². The third-order valence-corrected chi connectivity index (χ3v) is 8.53. The van der Waals surface area contributed by atoms with Gasteiger partial charge < -0.3 is 5.11 Å². The zero-order chi connectivity index (χ0) is 30.5. The van der Waals surface area contributed by atoms with Crippen LogP contribution in [0.25, 0.3) is 77.3 Å². The summed E-state index contributed by atoms with van der Waals surface area (Å²) in [4.78, 5) is 5.15. The number of aromatic hydroxyl groups is 1. The molecule has 0 atom stereocenters. The Morgan fingerprint density at radius 1 is 0.522 bits per heavy atom. The van der Waals surface area contributed by atoms with Crippen molar-refractivity contribution < 1.29 is 26.2 Å². The summed E-state index contributed by atoms with van der Waals surface area (Å²) in [6, 6.07) is 46.6. The van der Waals surface area contributed by atoms with Crippen LogP contribution in [0.1, 0.15) is 11.1 Å². The maximum atomic E-state index is 11.4. The molecule has 2 aromatic heterocycles. The Kier molecular flexibility index (Phi) is 7.68. The van der Waals surface area contributed by atoms with E-state index in [1.807, 2.05) is 72.8 Å². The van der Waals surface area contributed by atoms with Gasteiger partial charge in [0.1, 0.15) is 5.75 Å². The van der Waals surface area contributed by atoms with Gasteiger partial charge in [0.15, 0.2) is 0 Å². The van der Waals surface area contributed by atoms with Gasteiger partial charge in [-0.05, 0) is 99.4 Å². The number of rotatable bonds is 4. The van der Waals surface area contributed by atoms with E-state index in [0.717, 1.165) is 66.1 Å². The number of aromatic nitrogens is 3. The van der Waals surface area contributed by atoms with Crippen LogP contribution in [0.5, 0.6) is 5.75 Å². The molecule has 0 saturated carbocycles. The molecule has 4 nitrogen and oxygen atoms in total. The molecule has 224 valence electrons. The van der Waals surface area contributed by atoms with Crippen molar-refractivity contribution in [2.75, 3.05) is 0 Å². The topological polar surface area (TPSA) is 58.9 Å². The van der Waals surface area contributed by atoms with Crippen molar-refractivity contribution in [1.29, 1.82) is 0 Å². The van der Waals surface area contributed by atoms with Crippen LogP contribution in [-0.2, 0) is 21.1 Å². The predicted octanol–water partition coefficient (Wildman–Crippen LogP) is 10.1. The second-order valence-electron chi connectivity index (χ2n) is 11.6. The molecule has 0 unspecified atom stereocenters. The Balaban J connectivity index is 0.00000338. The minimum atomic E-state index is 0. The van der Waals surface area contributed by atoms with E-state index >= 15 is 0 Å². The van der Waals surface area contributed by atoms with Crippen molar-refractivity contribution in [2.24, 2.45) is 0 Å². The van der Waals surface area contributed by atoms with E-state index in [4.69, 9.17) is 4.98 Å². The average Bonchev–Trinajstić information content (AvgIpc) is 3.07. The Bertz CT molecular complexity index is 2420. The van der Waals surface area contributed by atoms with Crippen LogP contribution in [0.4, 0.5) is 0 Å². The fourth-order valence-corrected chi connectivity index (χ4v) is 6.29. The molecule has 1 N–H and O–H groups in total. The van der Waals surface area contributed by atoms with E-state index in [9.17, 15) is 5.11 Å². The van der Waals surface area contributed by atoms with Crippen LogP contribution in [0, 0.1) is 19.9 Å². The molecule has 46 heavy (non-hydrogen) atoms. The SMILES string of the molecule is Cc1cccc(C)c1-c1cc(-c2[c-]c(-c3cc4ccccc4nn3)ccc2)nc(-c2cc3cc4ccccc4cc3cc2O)c1.[Pt]. The Labute approximate surface area is 281 Å². The zero-order valence-corrected chi connectivity index (χ0v) is 27.5. The third kappa shape index (κ3) is 5.36. The van der Waals surface area contributed by atoms with Gasteiger partial charge in [0, 0.05) is 38.0 Å². The first-order chi connectivity index (χ1) is 22.0. The minimum Gasteiger partial charge on any atom is -0.507 e. The van der Waals surface area contributed by atoms with Crippen LogP contribution < -0.4 is 0 Å². The van der Waals surface area contributed by atoms with Gasteiger partial charge in [0.25, 0.3) is 0 Å². The summed E-state index contributed by atoms with van der Waals surface area (Å²) in [7, 11) is 0. The second-order valence-corrected chi connectivity index (χ2v) is 11.6. The summed E-state index contributed by atoms with van der Waals surface area (Å²) < 4.78 is 0. The van der Waals surface area contributed by atoms with Gasteiger partial charge in [0.05, 0.1) is 11.2 Å². The summed E-state index contributed by atoms with van der Waals surface area (Å²) in [6.07, 6.45) is 0. The van der Waals surface area contributed by atoms with E-state index < -0.39 is 0 Å². The summed E-state index contributed by atoms with van der Waals surface area (Å²) in [5.41, 5.74) is 9.97. The standard InChI is InChI=1S/C41H28N3O.Pt/c1-25-9-7-10-26(2)41(25)34-22-37(29-14-8-15-30(19-29)38-21-31-13-5-6-16-36(31)43-44-38)42-39(23-34)35-20-32-17-27-11-3-4-12-28(27)18-33(32)24-40(35)45;/h3-18,20-24,45H,1-2H3;/q-1;. The molecule has 0 aliphatic carbocycles. The molecule has 8 rings (SSSR count). The minimum absolute atomic E-state index is 0. The van der Waals surface area contributed by atoms with Crippen molar-refractivity contribution in [3.05, 3.63) is 145 Å². The maximum Gasteiger partial charge on any atom is 0.125 e. The second kappa shape index (κ2) is 12.0.